The third-order valence-electron chi connectivity index (χ3n) is 16.3. The van der Waals surface area contributed by atoms with E-state index in [9.17, 15) is 0 Å². The quantitative estimate of drug-likeness (QED) is 0.156. The molecule has 0 bridgehead atoms. The zero-order valence-electron chi connectivity index (χ0n) is 39.8. The zero-order valence-corrected chi connectivity index (χ0v) is 39.8. The van der Waals surface area contributed by atoms with Gasteiger partial charge in [0.1, 0.15) is 0 Å². The predicted molar refractivity (Wildman–Crippen MR) is 307 cm³/mol. The van der Waals surface area contributed by atoms with Crippen LogP contribution in [-0.2, 0) is 5.41 Å². The number of hydrogen-bond acceptors (Lipinski definition) is 1. The molecule has 0 radical (unpaired) electrons. The summed E-state index contributed by atoms with van der Waals surface area (Å²) in [6, 6.07) is 99.7. The van der Waals surface area contributed by atoms with Crippen LogP contribution in [0.15, 0.2) is 267 Å². The van der Waals surface area contributed by atoms with Crippen molar-refractivity contribution in [1.82, 2.24) is 4.57 Å². The number of para-hydroxylation sites is 2. The Morgan fingerprint density at radius 3 is 1.52 bits per heavy atom. The second kappa shape index (κ2) is 15.3. The van der Waals surface area contributed by atoms with Gasteiger partial charge in [-0.25, -0.2) is 0 Å². The van der Waals surface area contributed by atoms with Crippen LogP contribution in [0.25, 0.3) is 104 Å². The van der Waals surface area contributed by atoms with Crippen LogP contribution in [0.5, 0.6) is 0 Å². The second-order valence-electron chi connectivity index (χ2n) is 19.9. The summed E-state index contributed by atoms with van der Waals surface area (Å²) in [7, 11) is 0. The standard InChI is InChI=1S/C71H44N2/c1-3-21-47(22-4-1)72(66-37-19-36-65-69(66)58-32-15-18-35-64(58)71(65)62-33-16-13-30-56(62)57-31-14-17-34-63(57)71)49-39-41-59-67(44-49)73(48-23-5-2-6-24-48)70-50-25-8-7-20-45(50)42-60(68(59)70)46-38-40-55-53-28-10-9-26-51(53)52-27-11-12-29-54(52)61(55)43-46/h1-44H. The number of nitrogens with zero attached hydrogens (tertiary/aromatic N) is 2. The molecule has 2 nitrogen and oxygen atoms in total. The minimum atomic E-state index is -0.458. The van der Waals surface area contributed by atoms with Crippen molar-refractivity contribution in [3.63, 3.8) is 0 Å². The highest BCUT2D eigenvalue weighted by atomic mass is 15.1. The summed E-state index contributed by atoms with van der Waals surface area (Å²) in [6.07, 6.45) is 0. The third-order valence-corrected chi connectivity index (χ3v) is 16.3. The lowest BCUT2D eigenvalue weighted by atomic mass is 9.70. The van der Waals surface area contributed by atoms with Gasteiger partial charge < -0.3 is 9.47 Å². The first-order valence-corrected chi connectivity index (χ1v) is 25.4. The maximum atomic E-state index is 2.53. The van der Waals surface area contributed by atoms with Crippen LogP contribution in [0.4, 0.5) is 17.1 Å². The molecule has 73 heavy (non-hydrogen) atoms. The predicted octanol–water partition coefficient (Wildman–Crippen LogP) is 18.9. The van der Waals surface area contributed by atoms with Gasteiger partial charge in [-0.1, -0.05) is 212 Å². The van der Waals surface area contributed by atoms with Gasteiger partial charge in [-0.3, -0.25) is 0 Å². The summed E-state index contributed by atoms with van der Waals surface area (Å²) in [6.45, 7) is 0. The largest absolute Gasteiger partial charge is 0.310 e. The first-order valence-electron chi connectivity index (χ1n) is 25.4. The average molecular weight is 925 g/mol. The highest BCUT2D eigenvalue weighted by molar-refractivity contribution is 6.28. The van der Waals surface area contributed by atoms with Gasteiger partial charge in [-0.2, -0.15) is 0 Å². The van der Waals surface area contributed by atoms with Crippen LogP contribution >= 0.6 is 0 Å². The van der Waals surface area contributed by atoms with Crippen molar-refractivity contribution in [3.8, 4) is 39.1 Å². The van der Waals surface area contributed by atoms with E-state index in [1.807, 2.05) is 0 Å². The molecule has 338 valence electrons. The van der Waals surface area contributed by atoms with Crippen molar-refractivity contribution in [2.75, 3.05) is 4.90 Å². The molecule has 1 aromatic heterocycles. The molecule has 0 aliphatic heterocycles. The number of benzene rings is 13. The number of hydrogen-bond donors (Lipinski definition) is 0. The Labute approximate surface area is 422 Å². The number of anilines is 3. The van der Waals surface area contributed by atoms with Crippen LogP contribution < -0.4 is 4.90 Å². The molecule has 0 saturated heterocycles. The number of aromatic nitrogens is 1. The number of rotatable bonds is 5. The first-order chi connectivity index (χ1) is 36.3. The van der Waals surface area contributed by atoms with Crippen molar-refractivity contribution in [2.24, 2.45) is 0 Å². The SMILES string of the molecule is c1ccc(N(c2ccc3c4c(-c5ccc6c7ccccc7c7ccccc7c6c5)cc5ccccc5c4n(-c4ccccc4)c3c2)c2cccc3c2-c2ccccc2C32c3ccccc3-c3ccccc32)cc1. The summed E-state index contributed by atoms with van der Waals surface area (Å²) in [5.74, 6) is 0. The molecule has 13 aromatic carbocycles. The van der Waals surface area contributed by atoms with Gasteiger partial charge in [-0.15, -0.1) is 0 Å². The Morgan fingerprint density at radius 2 is 0.836 bits per heavy atom. The Morgan fingerprint density at radius 1 is 0.315 bits per heavy atom. The van der Waals surface area contributed by atoms with Gasteiger partial charge in [-0.05, 0) is 142 Å². The minimum absolute atomic E-state index is 0.458. The molecule has 0 saturated carbocycles. The van der Waals surface area contributed by atoms with Crippen molar-refractivity contribution in [3.05, 3.63) is 289 Å². The number of fused-ring (bicyclic) bond motifs is 21. The molecule has 2 aliphatic rings. The monoisotopic (exact) mass is 924 g/mol. The fourth-order valence-corrected chi connectivity index (χ4v) is 13.5. The maximum Gasteiger partial charge on any atom is 0.0726 e. The lowest BCUT2D eigenvalue weighted by molar-refractivity contribution is 0.794. The Kier molecular flexibility index (Phi) is 8.41. The first kappa shape index (κ1) is 40.3. The molecule has 2 heteroatoms. The average Bonchev–Trinajstić information content (AvgIpc) is 4.09. The lowest BCUT2D eigenvalue weighted by Gasteiger charge is -2.31. The van der Waals surface area contributed by atoms with E-state index in [2.05, 4.69) is 276 Å². The molecule has 14 aromatic rings. The summed E-state index contributed by atoms with van der Waals surface area (Å²) in [5.41, 5.74) is 19.3. The fourth-order valence-electron chi connectivity index (χ4n) is 13.5. The summed E-state index contributed by atoms with van der Waals surface area (Å²) < 4.78 is 2.53. The molecule has 0 fully saturated rings. The fraction of sp³-hybridized carbons (Fsp3) is 0.0141. The highest BCUT2D eigenvalue weighted by Crippen LogP contribution is 2.64. The van der Waals surface area contributed by atoms with Crippen LogP contribution in [0.1, 0.15) is 22.3 Å². The molecule has 1 heterocycles. The van der Waals surface area contributed by atoms with E-state index in [4.69, 9.17) is 0 Å². The van der Waals surface area contributed by atoms with E-state index in [0.717, 1.165) is 28.3 Å². The maximum absolute atomic E-state index is 2.53. The third kappa shape index (κ3) is 5.47. The minimum Gasteiger partial charge on any atom is -0.310 e. The smallest absolute Gasteiger partial charge is 0.0726 e. The Hall–Kier alpha value is -9.50. The molecule has 1 spiro atoms. The summed E-state index contributed by atoms with van der Waals surface area (Å²) in [4.78, 5) is 2.51. The van der Waals surface area contributed by atoms with E-state index in [1.54, 1.807) is 0 Å². The van der Waals surface area contributed by atoms with Crippen molar-refractivity contribution in [1.29, 1.82) is 0 Å². The van der Waals surface area contributed by atoms with Crippen molar-refractivity contribution >= 4 is 82.0 Å². The van der Waals surface area contributed by atoms with E-state index in [0.29, 0.717) is 0 Å². The van der Waals surface area contributed by atoms with Gasteiger partial charge in [0.25, 0.3) is 0 Å². The van der Waals surface area contributed by atoms with Gasteiger partial charge in [0.05, 0.1) is 22.1 Å². The molecule has 0 unspecified atom stereocenters. The van der Waals surface area contributed by atoms with E-state index >= 15 is 0 Å². The van der Waals surface area contributed by atoms with Gasteiger partial charge in [0.2, 0.25) is 0 Å². The highest BCUT2D eigenvalue weighted by Gasteiger charge is 2.52. The van der Waals surface area contributed by atoms with Gasteiger partial charge in [0, 0.05) is 38.8 Å². The second-order valence-corrected chi connectivity index (χ2v) is 19.9. The van der Waals surface area contributed by atoms with Crippen LogP contribution in [0, 0.1) is 0 Å². The molecule has 0 amide bonds. The van der Waals surface area contributed by atoms with E-state index in [-0.39, 0.29) is 0 Å². The van der Waals surface area contributed by atoms with Crippen LogP contribution in [0.2, 0.25) is 0 Å². The molecule has 0 N–H and O–H groups in total. The lowest BCUT2D eigenvalue weighted by Crippen LogP contribution is -2.26. The normalized spacial score (nSPS) is 13.0. The topological polar surface area (TPSA) is 8.17 Å². The summed E-state index contributed by atoms with van der Waals surface area (Å²) >= 11 is 0. The zero-order chi connectivity index (χ0) is 47.8. The summed E-state index contributed by atoms with van der Waals surface area (Å²) in [5, 5.41) is 12.6. The molecule has 2 aliphatic carbocycles. The van der Waals surface area contributed by atoms with E-state index < -0.39 is 5.41 Å². The van der Waals surface area contributed by atoms with Gasteiger partial charge >= 0.3 is 0 Å². The van der Waals surface area contributed by atoms with E-state index in [1.165, 1.54) is 115 Å². The van der Waals surface area contributed by atoms with Crippen LogP contribution in [-0.4, -0.2) is 4.57 Å². The Bertz CT molecular complexity index is 4540. The van der Waals surface area contributed by atoms with Crippen molar-refractivity contribution in [2.45, 2.75) is 5.41 Å². The molecular weight excluding hydrogens is 881 g/mol. The van der Waals surface area contributed by atoms with Crippen molar-refractivity contribution < 1.29 is 0 Å². The van der Waals surface area contributed by atoms with Crippen LogP contribution in [0.3, 0.4) is 0 Å². The van der Waals surface area contributed by atoms with Gasteiger partial charge in [0.15, 0.2) is 0 Å². The molecular formula is C71H44N2. The molecule has 0 atom stereocenters. The molecule has 16 rings (SSSR count). The Balaban J connectivity index is 0.989.